The number of rotatable bonds is 4. The van der Waals surface area contributed by atoms with Crippen LogP contribution in [0, 0.1) is 0 Å². The van der Waals surface area contributed by atoms with Gasteiger partial charge in [0, 0.05) is 31.3 Å². The Kier molecular flexibility index (Phi) is 3.64. The number of anilines is 2. The highest BCUT2D eigenvalue weighted by atomic mass is 16.2. The number of amides is 2. The molecule has 1 aromatic rings. The van der Waals surface area contributed by atoms with E-state index >= 15 is 0 Å². The van der Waals surface area contributed by atoms with Crippen molar-refractivity contribution in [3.8, 4) is 0 Å². The molecule has 0 saturated carbocycles. The minimum Gasteiger partial charge on any atom is -0.326 e. The van der Waals surface area contributed by atoms with Crippen molar-refractivity contribution < 1.29 is 14.4 Å². The number of benzene rings is 1. The molecule has 19 heavy (non-hydrogen) atoms. The third kappa shape index (κ3) is 2.99. The van der Waals surface area contributed by atoms with Crippen molar-refractivity contribution in [2.75, 3.05) is 17.3 Å². The van der Waals surface area contributed by atoms with Gasteiger partial charge in [0.15, 0.2) is 0 Å². The topological polar surface area (TPSA) is 66.5 Å². The van der Waals surface area contributed by atoms with Gasteiger partial charge in [0.25, 0.3) is 0 Å². The first kappa shape index (κ1) is 13.3. The lowest BCUT2D eigenvalue weighted by molar-refractivity contribution is -0.122. The number of hydrogen-bond donors (Lipinski definition) is 1. The van der Waals surface area contributed by atoms with Gasteiger partial charge in [-0.2, -0.15) is 0 Å². The molecule has 1 heterocycles. The Balaban J connectivity index is 2.10. The van der Waals surface area contributed by atoms with Gasteiger partial charge < -0.3 is 15.0 Å². The quantitative estimate of drug-likeness (QED) is 0.892. The summed E-state index contributed by atoms with van der Waals surface area (Å²) in [6, 6.07) is 5.42. The Labute approximate surface area is 111 Å². The summed E-state index contributed by atoms with van der Waals surface area (Å²) in [6.45, 7) is 1.47. The van der Waals surface area contributed by atoms with Crippen LogP contribution in [0.5, 0.6) is 0 Å². The van der Waals surface area contributed by atoms with Gasteiger partial charge in [-0.15, -0.1) is 0 Å². The van der Waals surface area contributed by atoms with Crippen LogP contribution in [0.3, 0.4) is 0 Å². The molecule has 0 aliphatic carbocycles. The molecule has 0 saturated heterocycles. The van der Waals surface area contributed by atoms with E-state index in [0.717, 1.165) is 16.9 Å². The van der Waals surface area contributed by atoms with Crippen LogP contribution < -0.4 is 10.2 Å². The molecule has 5 heteroatoms. The highest BCUT2D eigenvalue weighted by Crippen LogP contribution is 2.27. The van der Waals surface area contributed by atoms with E-state index in [0.29, 0.717) is 6.42 Å². The van der Waals surface area contributed by atoms with Crippen molar-refractivity contribution in [3.05, 3.63) is 23.8 Å². The van der Waals surface area contributed by atoms with Crippen LogP contribution in [-0.2, 0) is 20.8 Å². The second-order valence-corrected chi connectivity index (χ2v) is 4.72. The predicted molar refractivity (Wildman–Crippen MR) is 72.1 cm³/mol. The number of nitrogens with zero attached hydrogens (tertiary/aromatic N) is 1. The molecule has 1 aromatic carbocycles. The van der Waals surface area contributed by atoms with E-state index in [9.17, 15) is 14.4 Å². The molecule has 1 N–H and O–H groups in total. The Bertz CT molecular complexity index is 552. The lowest BCUT2D eigenvalue weighted by Crippen LogP contribution is -2.26. The van der Waals surface area contributed by atoms with E-state index in [2.05, 4.69) is 5.32 Å². The lowest BCUT2D eigenvalue weighted by Gasteiger charge is -2.18. The van der Waals surface area contributed by atoms with Crippen molar-refractivity contribution >= 4 is 29.0 Å². The van der Waals surface area contributed by atoms with E-state index in [1.165, 1.54) is 11.8 Å². The van der Waals surface area contributed by atoms with Crippen molar-refractivity contribution in [1.82, 2.24) is 0 Å². The fourth-order valence-electron chi connectivity index (χ4n) is 2.02. The van der Waals surface area contributed by atoms with Crippen molar-refractivity contribution in [1.29, 1.82) is 0 Å². The summed E-state index contributed by atoms with van der Waals surface area (Å²) in [7, 11) is 1.67. The fourth-order valence-corrected chi connectivity index (χ4v) is 2.02. The number of ketones is 1. The third-order valence-corrected chi connectivity index (χ3v) is 3.17. The second-order valence-electron chi connectivity index (χ2n) is 4.72. The number of Topliss-reactive ketones (excluding diaryl/α,β-unsaturated/α-hetero) is 1. The zero-order valence-electron chi connectivity index (χ0n) is 11.0. The number of carbonyl (C=O) groups is 3. The standard InChI is InChI=1S/C14H16N2O3/c1-9(17)3-6-14(19)16(2)11-4-5-12-10(7-11)8-13(18)15-12/h4-5,7H,3,6,8H2,1-2H3,(H,15,18). The number of carbonyl (C=O) groups excluding carboxylic acids is 3. The molecule has 0 fully saturated rings. The number of nitrogens with one attached hydrogen (secondary N) is 1. The number of fused-ring (bicyclic) bond motifs is 1. The zero-order valence-corrected chi connectivity index (χ0v) is 11.0. The molecule has 2 rings (SSSR count). The van der Waals surface area contributed by atoms with E-state index in [1.54, 1.807) is 19.2 Å². The normalized spacial score (nSPS) is 12.8. The van der Waals surface area contributed by atoms with E-state index in [1.807, 2.05) is 6.07 Å². The van der Waals surface area contributed by atoms with Crippen LogP contribution >= 0.6 is 0 Å². The van der Waals surface area contributed by atoms with Crippen molar-refractivity contribution in [2.24, 2.45) is 0 Å². The van der Waals surface area contributed by atoms with E-state index in [-0.39, 0.29) is 30.4 Å². The molecule has 0 unspecified atom stereocenters. The van der Waals surface area contributed by atoms with Crippen LogP contribution in [0.4, 0.5) is 11.4 Å². The van der Waals surface area contributed by atoms with Crippen LogP contribution in [-0.4, -0.2) is 24.6 Å². The maximum Gasteiger partial charge on any atom is 0.228 e. The fraction of sp³-hybridized carbons (Fsp3) is 0.357. The van der Waals surface area contributed by atoms with Gasteiger partial charge in [0.05, 0.1) is 6.42 Å². The third-order valence-electron chi connectivity index (χ3n) is 3.17. The maximum absolute atomic E-state index is 11.9. The monoisotopic (exact) mass is 260 g/mol. The average molecular weight is 260 g/mol. The van der Waals surface area contributed by atoms with Gasteiger partial charge in [-0.1, -0.05) is 0 Å². The lowest BCUT2D eigenvalue weighted by atomic mass is 10.1. The smallest absolute Gasteiger partial charge is 0.228 e. The molecule has 0 bridgehead atoms. The summed E-state index contributed by atoms with van der Waals surface area (Å²) >= 11 is 0. The van der Waals surface area contributed by atoms with Gasteiger partial charge in [-0.25, -0.2) is 0 Å². The first-order valence-electron chi connectivity index (χ1n) is 6.16. The average Bonchev–Trinajstić information content (AvgIpc) is 2.73. The van der Waals surface area contributed by atoms with Crippen LogP contribution in [0.15, 0.2) is 18.2 Å². The molecule has 100 valence electrons. The van der Waals surface area contributed by atoms with Gasteiger partial charge in [0.2, 0.25) is 11.8 Å². The van der Waals surface area contributed by atoms with Gasteiger partial charge in [0.1, 0.15) is 5.78 Å². The highest BCUT2D eigenvalue weighted by Gasteiger charge is 2.19. The van der Waals surface area contributed by atoms with E-state index < -0.39 is 0 Å². The molecule has 0 radical (unpaired) electrons. The molecule has 0 aromatic heterocycles. The minimum absolute atomic E-state index is 0.00509. The highest BCUT2D eigenvalue weighted by molar-refractivity contribution is 6.01. The largest absolute Gasteiger partial charge is 0.326 e. The molecular formula is C14H16N2O3. The molecular weight excluding hydrogens is 244 g/mol. The maximum atomic E-state index is 11.9. The van der Waals surface area contributed by atoms with Crippen LogP contribution in [0.1, 0.15) is 25.3 Å². The summed E-state index contributed by atoms with van der Waals surface area (Å²) < 4.78 is 0. The zero-order chi connectivity index (χ0) is 14.0. The summed E-state index contributed by atoms with van der Waals surface area (Å²) in [6.07, 6.45) is 0.812. The van der Waals surface area contributed by atoms with Crippen molar-refractivity contribution in [2.45, 2.75) is 26.2 Å². The van der Waals surface area contributed by atoms with Crippen molar-refractivity contribution in [3.63, 3.8) is 0 Å². The minimum atomic E-state index is -0.104. The predicted octanol–water partition coefficient (Wildman–Crippen LogP) is 1.51. The summed E-state index contributed by atoms with van der Waals surface area (Å²) in [5, 5.41) is 2.75. The Morgan fingerprint density at radius 1 is 1.32 bits per heavy atom. The SMILES string of the molecule is CC(=O)CCC(=O)N(C)c1ccc2c(c1)CC(=O)N2. The molecule has 1 aliphatic rings. The summed E-state index contributed by atoms with van der Waals surface area (Å²) in [4.78, 5) is 35.6. The Morgan fingerprint density at radius 3 is 2.74 bits per heavy atom. The van der Waals surface area contributed by atoms with E-state index in [4.69, 9.17) is 0 Å². The first-order valence-corrected chi connectivity index (χ1v) is 6.16. The molecule has 0 atom stereocenters. The van der Waals surface area contributed by atoms with Gasteiger partial charge in [-0.05, 0) is 30.7 Å². The number of hydrogen-bond acceptors (Lipinski definition) is 3. The van der Waals surface area contributed by atoms with Gasteiger partial charge >= 0.3 is 0 Å². The van der Waals surface area contributed by atoms with Gasteiger partial charge in [-0.3, -0.25) is 9.59 Å². The first-order chi connectivity index (χ1) is 8.97. The summed E-state index contributed by atoms with van der Waals surface area (Å²) in [5.41, 5.74) is 2.44. The molecule has 2 amide bonds. The Morgan fingerprint density at radius 2 is 2.05 bits per heavy atom. The molecule has 5 nitrogen and oxygen atoms in total. The second kappa shape index (κ2) is 5.22. The molecule has 1 aliphatic heterocycles. The van der Waals surface area contributed by atoms with Crippen LogP contribution in [0.2, 0.25) is 0 Å². The summed E-state index contributed by atoms with van der Waals surface area (Å²) in [5.74, 6) is -0.129. The Hall–Kier alpha value is -2.17. The molecule has 0 spiro atoms. The van der Waals surface area contributed by atoms with Crippen LogP contribution in [0.25, 0.3) is 0 Å².